The minimum Gasteiger partial charge on any atom is -0.543 e. The molecule has 0 radical (unpaired) electrons. The highest BCUT2D eigenvalue weighted by Crippen LogP contribution is 2.39. The van der Waals surface area contributed by atoms with Crippen molar-refractivity contribution in [1.29, 1.82) is 0 Å². The Bertz CT molecular complexity index is 1070. The minimum absolute atomic E-state index is 0.0799. The largest absolute Gasteiger partial charge is 0.543 e. The molecule has 0 saturated carbocycles. The van der Waals surface area contributed by atoms with Crippen molar-refractivity contribution in [3.05, 3.63) is 45.0 Å². The third-order valence-corrected chi connectivity index (χ3v) is 10.8. The van der Waals surface area contributed by atoms with Gasteiger partial charge in [0.1, 0.15) is 18.1 Å². The van der Waals surface area contributed by atoms with Crippen molar-refractivity contribution in [1.82, 2.24) is 0 Å². The smallest absolute Gasteiger partial charge is 0.310 e. The van der Waals surface area contributed by atoms with Crippen molar-refractivity contribution in [2.75, 3.05) is 13.2 Å². The fourth-order valence-corrected chi connectivity index (χ4v) is 4.81. The second-order valence-corrected chi connectivity index (χ2v) is 14.4. The molecule has 154 valence electrons. The van der Waals surface area contributed by atoms with Crippen LogP contribution in [0, 0.1) is 6.92 Å². The first-order valence-electron chi connectivity index (χ1n) is 10.3. The first-order chi connectivity index (χ1) is 13.6. The lowest BCUT2D eigenvalue weighted by Gasteiger charge is -2.37. The van der Waals surface area contributed by atoms with Gasteiger partial charge in [0.2, 0.25) is 8.32 Å². The fourth-order valence-electron chi connectivity index (χ4n) is 3.79. The zero-order valence-electron chi connectivity index (χ0n) is 18.3. The number of esters is 1. The molecule has 1 aliphatic carbocycles. The Balaban J connectivity index is 1.97. The molecule has 29 heavy (non-hydrogen) atoms. The number of carbonyl (C=O) groups is 1. The topological polar surface area (TPSA) is 44.8 Å². The number of allylic oxidation sites excluding steroid dienone is 1. The molecule has 0 unspecified atom stereocenters. The maximum Gasteiger partial charge on any atom is 0.310 e. The standard InChI is InChI=1S/C24H30O4Si/c1-15-10-19-20(23-18(15)8-7-9-26-23)13-17(28-29(5,6)24(2,3)4)11-16-12-22(25)27-14-21(16)19/h8,10-11,13H,7,9,12,14H2,1-6H3. The van der Waals surface area contributed by atoms with Crippen LogP contribution in [-0.4, -0.2) is 27.5 Å². The van der Waals surface area contributed by atoms with E-state index < -0.39 is 8.32 Å². The van der Waals surface area contributed by atoms with Crippen LogP contribution >= 0.6 is 0 Å². The van der Waals surface area contributed by atoms with Crippen molar-refractivity contribution in [3.63, 3.8) is 0 Å². The molecule has 0 atom stereocenters. The molecule has 4 nitrogen and oxygen atoms in total. The van der Waals surface area contributed by atoms with Gasteiger partial charge in [0, 0.05) is 22.8 Å². The summed E-state index contributed by atoms with van der Waals surface area (Å²) in [5.41, 5.74) is 4.27. The van der Waals surface area contributed by atoms with E-state index in [1.54, 1.807) is 0 Å². The number of carbonyl (C=O) groups excluding carboxylic acids is 1. The highest BCUT2D eigenvalue weighted by molar-refractivity contribution is 6.74. The SMILES string of the molecule is Cc1cc2c(c3c1=CCCO3)C=C(O[Si](C)(C)C(C)(C)C)C=C1CC(=O)OCC=21. The number of cyclic esters (lactones) is 1. The summed E-state index contributed by atoms with van der Waals surface area (Å²) in [5.74, 6) is 1.55. The maximum absolute atomic E-state index is 12.0. The first-order valence-corrected chi connectivity index (χ1v) is 13.2. The van der Waals surface area contributed by atoms with Crippen LogP contribution in [0.25, 0.3) is 17.7 Å². The van der Waals surface area contributed by atoms with Crippen LogP contribution in [0.4, 0.5) is 0 Å². The molecule has 0 N–H and O–H groups in total. The number of hydrogen-bond acceptors (Lipinski definition) is 4. The molecule has 0 amide bonds. The third kappa shape index (κ3) is 3.57. The lowest BCUT2D eigenvalue weighted by Crippen LogP contribution is -2.40. The van der Waals surface area contributed by atoms with Gasteiger partial charge in [-0.3, -0.25) is 4.79 Å². The average molecular weight is 411 g/mol. The number of hydrogen-bond donors (Lipinski definition) is 0. The molecule has 1 fully saturated rings. The molecule has 0 spiro atoms. The van der Waals surface area contributed by atoms with Crippen molar-refractivity contribution in [2.45, 2.75) is 58.7 Å². The summed E-state index contributed by atoms with van der Waals surface area (Å²) in [7, 11) is -2.04. The summed E-state index contributed by atoms with van der Waals surface area (Å²) in [4.78, 5) is 12.0. The Morgan fingerprint density at radius 1 is 1.14 bits per heavy atom. The summed E-state index contributed by atoms with van der Waals surface area (Å²) in [5, 5.41) is 2.33. The van der Waals surface area contributed by atoms with Gasteiger partial charge < -0.3 is 13.9 Å². The van der Waals surface area contributed by atoms with E-state index in [0.29, 0.717) is 13.2 Å². The zero-order chi connectivity index (χ0) is 21.0. The summed E-state index contributed by atoms with van der Waals surface area (Å²) in [6.45, 7) is 14.3. The normalized spacial score (nSPS) is 18.7. The highest BCUT2D eigenvalue weighted by atomic mass is 28.4. The number of fused-ring (bicyclic) bond motifs is 4. The molecule has 1 saturated heterocycles. The van der Waals surface area contributed by atoms with Gasteiger partial charge in [-0.2, -0.15) is 0 Å². The van der Waals surface area contributed by atoms with Crippen LogP contribution in [0.15, 0.2) is 23.5 Å². The van der Waals surface area contributed by atoms with Gasteiger partial charge in [-0.15, -0.1) is 0 Å². The Kier molecular flexibility index (Phi) is 4.77. The van der Waals surface area contributed by atoms with Gasteiger partial charge in [-0.05, 0) is 53.6 Å². The molecule has 2 heterocycles. The molecule has 0 bridgehead atoms. The second kappa shape index (κ2) is 6.91. The Morgan fingerprint density at radius 3 is 2.62 bits per heavy atom. The Hall–Kier alpha value is -2.27. The molecule has 5 heteroatoms. The lowest BCUT2D eigenvalue weighted by atomic mass is 9.95. The quantitative estimate of drug-likeness (QED) is 0.547. The molecular formula is C24H30O4Si. The van der Waals surface area contributed by atoms with Gasteiger partial charge in [0.15, 0.2) is 0 Å². The first kappa shape index (κ1) is 20.0. The minimum atomic E-state index is -2.04. The maximum atomic E-state index is 12.0. The summed E-state index contributed by atoms with van der Waals surface area (Å²) in [6.07, 6.45) is 7.60. The predicted molar refractivity (Wildman–Crippen MR) is 118 cm³/mol. The Morgan fingerprint density at radius 2 is 1.90 bits per heavy atom. The van der Waals surface area contributed by atoms with E-state index in [1.807, 2.05) is 6.08 Å². The zero-order valence-corrected chi connectivity index (χ0v) is 19.3. The second-order valence-electron chi connectivity index (χ2n) is 9.63. The van der Waals surface area contributed by atoms with Gasteiger partial charge >= 0.3 is 5.97 Å². The number of benzene rings is 1. The molecule has 0 aromatic heterocycles. The average Bonchev–Trinajstić information content (AvgIpc) is 2.77. The third-order valence-electron chi connectivity index (χ3n) is 6.49. The van der Waals surface area contributed by atoms with Crippen LogP contribution in [-0.2, 0) is 14.0 Å². The van der Waals surface area contributed by atoms with E-state index >= 15 is 0 Å². The molecule has 4 rings (SSSR count). The van der Waals surface area contributed by atoms with Gasteiger partial charge in [0.25, 0.3) is 0 Å². The lowest BCUT2D eigenvalue weighted by molar-refractivity contribution is -0.142. The predicted octanol–water partition coefficient (Wildman–Crippen LogP) is 3.96. The number of ether oxygens (including phenoxy) is 2. The van der Waals surface area contributed by atoms with E-state index in [-0.39, 0.29) is 17.4 Å². The summed E-state index contributed by atoms with van der Waals surface area (Å²) < 4.78 is 18.2. The van der Waals surface area contributed by atoms with E-state index in [2.05, 4.69) is 59.0 Å². The van der Waals surface area contributed by atoms with Crippen LogP contribution in [0.5, 0.6) is 5.75 Å². The van der Waals surface area contributed by atoms with E-state index in [9.17, 15) is 4.79 Å². The van der Waals surface area contributed by atoms with Crippen molar-refractivity contribution in [3.8, 4) is 5.75 Å². The molecule has 1 aromatic rings. The number of aryl methyl sites for hydroxylation is 1. The monoisotopic (exact) mass is 410 g/mol. The van der Waals surface area contributed by atoms with E-state index in [1.165, 1.54) is 5.56 Å². The van der Waals surface area contributed by atoms with Crippen molar-refractivity contribution >= 4 is 32.0 Å². The highest BCUT2D eigenvalue weighted by Gasteiger charge is 2.39. The van der Waals surface area contributed by atoms with E-state index in [0.717, 1.165) is 45.1 Å². The molecule has 3 aliphatic rings. The van der Waals surface area contributed by atoms with Crippen LogP contribution in [0.3, 0.4) is 0 Å². The summed E-state index contributed by atoms with van der Waals surface area (Å²) in [6, 6.07) is 2.20. The molecule has 1 aromatic carbocycles. The van der Waals surface area contributed by atoms with Gasteiger partial charge in [0.05, 0.1) is 13.0 Å². The van der Waals surface area contributed by atoms with E-state index in [4.69, 9.17) is 13.9 Å². The van der Waals surface area contributed by atoms with Gasteiger partial charge in [-0.25, -0.2) is 0 Å². The molecular weight excluding hydrogens is 380 g/mol. The summed E-state index contributed by atoms with van der Waals surface area (Å²) >= 11 is 0. The molecule has 2 aliphatic heterocycles. The Labute approximate surface area is 173 Å². The fraction of sp³-hybridized carbons (Fsp3) is 0.458. The van der Waals surface area contributed by atoms with Gasteiger partial charge in [-0.1, -0.05) is 32.9 Å². The van der Waals surface area contributed by atoms with Crippen molar-refractivity contribution < 1.29 is 18.7 Å². The van der Waals surface area contributed by atoms with Crippen LogP contribution in [0.2, 0.25) is 18.1 Å². The number of rotatable bonds is 2. The van der Waals surface area contributed by atoms with Crippen molar-refractivity contribution in [2.24, 2.45) is 0 Å². The van der Waals surface area contributed by atoms with Crippen LogP contribution in [0.1, 0.15) is 44.7 Å². The van der Waals surface area contributed by atoms with Crippen LogP contribution < -0.4 is 15.2 Å².